The fraction of sp³-hybridized carbons (Fsp3) is 0.500. The van der Waals surface area contributed by atoms with Crippen LogP contribution < -0.4 is 5.32 Å². The van der Waals surface area contributed by atoms with Crippen molar-refractivity contribution in [2.75, 3.05) is 33.2 Å². The molecule has 0 saturated carbocycles. The number of amides is 3. The highest BCUT2D eigenvalue weighted by atomic mass is 16.2. The second kappa shape index (κ2) is 7.02. The first kappa shape index (κ1) is 16.9. The third-order valence-corrected chi connectivity index (χ3v) is 6.04. The van der Waals surface area contributed by atoms with E-state index in [0.29, 0.717) is 11.8 Å². The summed E-state index contributed by atoms with van der Waals surface area (Å²) in [6.07, 6.45) is 5.02. The minimum atomic E-state index is 0.0197. The molecule has 2 aliphatic heterocycles. The third-order valence-electron chi connectivity index (χ3n) is 6.04. The van der Waals surface area contributed by atoms with Gasteiger partial charge in [0.2, 0.25) is 0 Å². The average molecular weight is 354 g/mol. The summed E-state index contributed by atoms with van der Waals surface area (Å²) in [5, 5.41) is 3.70. The van der Waals surface area contributed by atoms with Gasteiger partial charge in [0.1, 0.15) is 0 Å². The zero-order valence-corrected chi connectivity index (χ0v) is 15.2. The highest BCUT2D eigenvalue weighted by Crippen LogP contribution is 2.33. The number of urea groups is 1. The Balaban J connectivity index is 1.39. The van der Waals surface area contributed by atoms with Crippen LogP contribution in [0.5, 0.6) is 0 Å². The zero-order chi connectivity index (χ0) is 18.1. The Kier molecular flexibility index (Phi) is 4.57. The molecule has 138 valence electrons. The smallest absolute Gasteiger partial charge is 0.317 e. The van der Waals surface area contributed by atoms with Crippen molar-refractivity contribution >= 4 is 22.8 Å². The Morgan fingerprint density at radius 2 is 1.77 bits per heavy atom. The van der Waals surface area contributed by atoms with Crippen LogP contribution in [0.3, 0.4) is 0 Å². The number of rotatable bonds is 2. The summed E-state index contributed by atoms with van der Waals surface area (Å²) in [6, 6.07) is 7.86. The molecule has 26 heavy (non-hydrogen) atoms. The van der Waals surface area contributed by atoms with E-state index in [1.807, 2.05) is 40.3 Å². The van der Waals surface area contributed by atoms with Crippen LogP contribution in [0.25, 0.3) is 10.9 Å². The van der Waals surface area contributed by atoms with Gasteiger partial charge >= 0.3 is 6.03 Å². The standard InChI is InChI=1S/C20H26N4O2/c1-21-20(26)23-10-6-14(7-11-23)15-8-12-24(13-15)19(25)17-3-2-4-18-16(17)5-9-22-18/h2-5,9,14-15,22H,6-8,10-13H2,1H3,(H,21,26). The molecule has 0 aliphatic carbocycles. The first-order chi connectivity index (χ1) is 12.7. The number of nitrogens with one attached hydrogen (secondary N) is 2. The topological polar surface area (TPSA) is 68.4 Å². The number of nitrogens with zero attached hydrogens (tertiary/aromatic N) is 2. The molecule has 2 aliphatic rings. The molecular formula is C20H26N4O2. The Hall–Kier alpha value is -2.50. The first-order valence-electron chi connectivity index (χ1n) is 9.49. The molecule has 2 aromatic rings. The van der Waals surface area contributed by atoms with Crippen LogP contribution in [0.4, 0.5) is 4.79 Å². The van der Waals surface area contributed by atoms with E-state index in [9.17, 15) is 9.59 Å². The predicted molar refractivity (Wildman–Crippen MR) is 101 cm³/mol. The van der Waals surface area contributed by atoms with E-state index in [4.69, 9.17) is 0 Å². The number of hydrogen-bond acceptors (Lipinski definition) is 2. The summed E-state index contributed by atoms with van der Waals surface area (Å²) in [4.78, 5) is 31.8. The van der Waals surface area contributed by atoms with E-state index < -0.39 is 0 Å². The van der Waals surface area contributed by atoms with E-state index in [2.05, 4.69) is 10.3 Å². The average Bonchev–Trinajstić information content (AvgIpc) is 3.36. The molecule has 1 unspecified atom stereocenters. The van der Waals surface area contributed by atoms with Gasteiger partial charge in [-0.2, -0.15) is 0 Å². The van der Waals surface area contributed by atoms with Gasteiger partial charge in [0.05, 0.1) is 0 Å². The summed E-state index contributed by atoms with van der Waals surface area (Å²) >= 11 is 0. The van der Waals surface area contributed by atoms with Crippen molar-refractivity contribution in [2.45, 2.75) is 19.3 Å². The van der Waals surface area contributed by atoms with Gasteiger partial charge in [-0.15, -0.1) is 0 Å². The molecule has 0 bridgehead atoms. The van der Waals surface area contributed by atoms with Gasteiger partial charge in [-0.25, -0.2) is 4.79 Å². The molecule has 3 amide bonds. The molecule has 0 spiro atoms. The molecule has 2 fully saturated rings. The van der Waals surface area contributed by atoms with Crippen molar-refractivity contribution in [3.05, 3.63) is 36.0 Å². The summed E-state index contributed by atoms with van der Waals surface area (Å²) < 4.78 is 0. The lowest BCUT2D eigenvalue weighted by Gasteiger charge is -2.34. The van der Waals surface area contributed by atoms with Crippen LogP contribution in [0, 0.1) is 11.8 Å². The summed E-state index contributed by atoms with van der Waals surface area (Å²) in [5.74, 6) is 1.30. The monoisotopic (exact) mass is 354 g/mol. The second-order valence-corrected chi connectivity index (χ2v) is 7.42. The number of likely N-dealkylation sites (tertiary alicyclic amines) is 2. The fourth-order valence-electron chi connectivity index (χ4n) is 4.53. The van der Waals surface area contributed by atoms with Crippen LogP contribution in [0.15, 0.2) is 30.5 Å². The van der Waals surface area contributed by atoms with E-state index >= 15 is 0 Å². The van der Waals surface area contributed by atoms with Gasteiger partial charge in [0.15, 0.2) is 0 Å². The summed E-state index contributed by atoms with van der Waals surface area (Å²) in [7, 11) is 1.68. The van der Waals surface area contributed by atoms with Crippen LogP contribution in [-0.4, -0.2) is 59.9 Å². The molecule has 2 saturated heterocycles. The number of H-pyrrole nitrogens is 1. The van der Waals surface area contributed by atoms with E-state index in [-0.39, 0.29) is 11.9 Å². The van der Waals surface area contributed by atoms with Crippen LogP contribution >= 0.6 is 0 Å². The molecule has 6 heteroatoms. The zero-order valence-electron chi connectivity index (χ0n) is 15.2. The number of benzene rings is 1. The maximum Gasteiger partial charge on any atom is 0.317 e. The van der Waals surface area contributed by atoms with Gasteiger partial charge < -0.3 is 20.1 Å². The largest absolute Gasteiger partial charge is 0.361 e. The molecule has 1 atom stereocenters. The lowest BCUT2D eigenvalue weighted by molar-refractivity contribution is 0.0779. The second-order valence-electron chi connectivity index (χ2n) is 7.42. The fourth-order valence-corrected chi connectivity index (χ4v) is 4.53. The Bertz CT molecular complexity index is 807. The van der Waals surface area contributed by atoms with E-state index in [1.54, 1.807) is 7.05 Å². The van der Waals surface area contributed by atoms with Gasteiger partial charge in [0, 0.05) is 55.9 Å². The van der Waals surface area contributed by atoms with E-state index in [1.165, 1.54) is 0 Å². The third kappa shape index (κ3) is 3.04. The van der Waals surface area contributed by atoms with Crippen LogP contribution in [0.1, 0.15) is 29.6 Å². The number of hydrogen-bond donors (Lipinski definition) is 2. The lowest BCUT2D eigenvalue weighted by atomic mass is 9.84. The van der Waals surface area contributed by atoms with Crippen molar-refractivity contribution in [2.24, 2.45) is 11.8 Å². The van der Waals surface area contributed by atoms with Crippen molar-refractivity contribution in [1.82, 2.24) is 20.1 Å². The van der Waals surface area contributed by atoms with Gasteiger partial charge in [0.25, 0.3) is 5.91 Å². The molecule has 1 aromatic heterocycles. The maximum absolute atomic E-state index is 13.0. The number of carbonyl (C=O) groups excluding carboxylic acids is 2. The first-order valence-corrected chi connectivity index (χ1v) is 9.49. The highest BCUT2D eigenvalue weighted by molar-refractivity contribution is 6.06. The Labute approximate surface area is 153 Å². The predicted octanol–water partition coefficient (Wildman–Crippen LogP) is 2.68. The number of aromatic nitrogens is 1. The quantitative estimate of drug-likeness (QED) is 0.871. The Morgan fingerprint density at radius 1 is 1.04 bits per heavy atom. The molecule has 6 nitrogen and oxygen atoms in total. The molecular weight excluding hydrogens is 328 g/mol. The van der Waals surface area contributed by atoms with Crippen LogP contribution in [0.2, 0.25) is 0 Å². The van der Waals surface area contributed by atoms with E-state index in [0.717, 1.165) is 61.9 Å². The van der Waals surface area contributed by atoms with Crippen molar-refractivity contribution in [3.8, 4) is 0 Å². The minimum Gasteiger partial charge on any atom is -0.361 e. The van der Waals surface area contributed by atoms with Gasteiger partial charge in [-0.1, -0.05) is 6.07 Å². The number of carbonyl (C=O) groups is 2. The summed E-state index contributed by atoms with van der Waals surface area (Å²) in [5.41, 5.74) is 1.80. The van der Waals surface area contributed by atoms with Crippen LogP contribution in [-0.2, 0) is 0 Å². The van der Waals surface area contributed by atoms with Gasteiger partial charge in [-0.3, -0.25) is 4.79 Å². The minimum absolute atomic E-state index is 0.0197. The van der Waals surface area contributed by atoms with Crippen molar-refractivity contribution < 1.29 is 9.59 Å². The number of aromatic amines is 1. The van der Waals surface area contributed by atoms with Crippen molar-refractivity contribution in [1.29, 1.82) is 0 Å². The molecule has 2 N–H and O–H groups in total. The highest BCUT2D eigenvalue weighted by Gasteiger charge is 2.34. The van der Waals surface area contributed by atoms with Gasteiger partial charge in [-0.05, 0) is 49.3 Å². The molecule has 1 aromatic carbocycles. The molecule has 4 rings (SSSR count). The summed E-state index contributed by atoms with van der Waals surface area (Å²) in [6.45, 7) is 3.30. The lowest BCUT2D eigenvalue weighted by Crippen LogP contribution is -2.44. The molecule has 3 heterocycles. The van der Waals surface area contributed by atoms with Crippen molar-refractivity contribution in [3.63, 3.8) is 0 Å². The SMILES string of the molecule is CNC(=O)N1CCC(C2CCN(C(=O)c3cccc4[nH]ccc34)C2)CC1. The normalized spacial score (nSPS) is 21.3. The number of piperidine rings is 1. The number of fused-ring (bicyclic) bond motifs is 1. The maximum atomic E-state index is 13.0. The Morgan fingerprint density at radius 3 is 2.54 bits per heavy atom. The molecule has 0 radical (unpaired) electrons.